The Morgan fingerprint density at radius 1 is 1.26 bits per heavy atom. The van der Waals surface area contributed by atoms with Crippen LogP contribution < -0.4 is 5.32 Å². The molecule has 1 heterocycles. The number of hydrogen-bond donors (Lipinski definition) is 1. The largest absolute Gasteiger partial charge is 0.319 e. The summed E-state index contributed by atoms with van der Waals surface area (Å²) in [4.78, 5) is 19.4. The van der Waals surface area contributed by atoms with Crippen molar-refractivity contribution < 1.29 is 4.79 Å². The van der Waals surface area contributed by atoms with Crippen LogP contribution in [-0.4, -0.2) is 15.9 Å². The van der Waals surface area contributed by atoms with Crippen LogP contribution in [0.4, 0.5) is 5.69 Å². The van der Waals surface area contributed by atoms with Gasteiger partial charge in [0.15, 0.2) is 0 Å². The van der Waals surface area contributed by atoms with Gasteiger partial charge in [0.05, 0.1) is 28.7 Å². The van der Waals surface area contributed by atoms with Crippen LogP contribution in [0.25, 0.3) is 0 Å². The van der Waals surface area contributed by atoms with Gasteiger partial charge in [-0.15, -0.1) is 0 Å². The molecule has 0 bridgehead atoms. The number of halogens is 2. The summed E-state index contributed by atoms with van der Waals surface area (Å²) in [5.41, 5.74) is 1.06. The van der Waals surface area contributed by atoms with E-state index in [2.05, 4.69) is 15.3 Å². The van der Waals surface area contributed by atoms with Crippen molar-refractivity contribution in [3.63, 3.8) is 0 Å². The Bertz CT molecular complexity index is 664. The predicted octanol–water partition coefficient (Wildman–Crippen LogP) is 2.91. The average Bonchev–Trinajstić information content (AvgIpc) is 2.41. The van der Waals surface area contributed by atoms with Crippen molar-refractivity contribution in [3.05, 3.63) is 52.0 Å². The van der Waals surface area contributed by atoms with E-state index in [1.54, 1.807) is 0 Å². The van der Waals surface area contributed by atoms with Gasteiger partial charge in [0.25, 0.3) is 5.91 Å². The first-order valence-corrected chi connectivity index (χ1v) is 5.84. The Labute approximate surface area is 118 Å². The fourth-order valence-corrected chi connectivity index (χ4v) is 1.65. The molecular formula is C12H6Cl2N4O. The van der Waals surface area contributed by atoms with Gasteiger partial charge in [-0.1, -0.05) is 11.6 Å². The monoisotopic (exact) mass is 292 g/mol. The second kappa shape index (κ2) is 5.65. The third kappa shape index (κ3) is 3.19. The smallest absolute Gasteiger partial charge is 0.255 e. The number of amides is 1. The molecule has 5 nitrogen and oxygen atoms in total. The molecule has 0 radical (unpaired) electrons. The second-order valence-corrected chi connectivity index (χ2v) is 4.25. The minimum atomic E-state index is -0.377. The van der Waals surface area contributed by atoms with Crippen LogP contribution in [0.5, 0.6) is 0 Å². The Hall–Kier alpha value is -2.16. The molecule has 2 aromatic rings. The number of hydrogen-bond acceptors (Lipinski definition) is 4. The number of carbonyl (C=O) groups is 1. The van der Waals surface area contributed by atoms with E-state index < -0.39 is 0 Å². The lowest BCUT2D eigenvalue weighted by atomic mass is 10.1. The molecule has 1 aromatic carbocycles. The Morgan fingerprint density at radius 2 is 1.95 bits per heavy atom. The van der Waals surface area contributed by atoms with E-state index in [9.17, 15) is 4.79 Å². The molecule has 0 aliphatic heterocycles. The van der Waals surface area contributed by atoms with Gasteiger partial charge in [-0.3, -0.25) is 4.79 Å². The van der Waals surface area contributed by atoms with Gasteiger partial charge in [-0.2, -0.15) is 5.26 Å². The molecule has 0 saturated heterocycles. The summed E-state index contributed by atoms with van der Waals surface area (Å²) in [6.07, 6.45) is 2.77. The molecule has 1 amide bonds. The van der Waals surface area contributed by atoms with Crippen LogP contribution in [0.3, 0.4) is 0 Å². The van der Waals surface area contributed by atoms with Crippen molar-refractivity contribution in [1.82, 2.24) is 9.97 Å². The number of nitriles is 1. The van der Waals surface area contributed by atoms with Crippen LogP contribution in [0.1, 0.15) is 15.9 Å². The molecule has 1 N–H and O–H groups in total. The Kier molecular flexibility index (Phi) is 3.95. The Balaban J connectivity index is 2.18. The number of anilines is 1. The zero-order valence-electron chi connectivity index (χ0n) is 9.39. The van der Waals surface area contributed by atoms with Gasteiger partial charge in [-0.05, 0) is 29.8 Å². The van der Waals surface area contributed by atoms with E-state index in [-0.39, 0.29) is 16.2 Å². The highest BCUT2D eigenvalue weighted by atomic mass is 35.5. The maximum Gasteiger partial charge on any atom is 0.255 e. The number of nitrogens with zero attached hydrogens (tertiary/aromatic N) is 3. The fraction of sp³-hybridized carbons (Fsp3) is 0. The first kappa shape index (κ1) is 13.3. The van der Waals surface area contributed by atoms with E-state index in [1.807, 2.05) is 6.07 Å². The average molecular weight is 293 g/mol. The SMILES string of the molecule is N#Cc1ccc(C(=O)Nc2cnc(Cl)nc2)cc1Cl. The quantitative estimate of drug-likeness (QED) is 0.863. The van der Waals surface area contributed by atoms with Crippen molar-refractivity contribution in [3.8, 4) is 6.07 Å². The number of rotatable bonds is 2. The van der Waals surface area contributed by atoms with Crippen molar-refractivity contribution in [2.75, 3.05) is 5.32 Å². The van der Waals surface area contributed by atoms with E-state index in [0.717, 1.165) is 0 Å². The summed E-state index contributed by atoms with van der Waals surface area (Å²) in [7, 11) is 0. The van der Waals surface area contributed by atoms with E-state index >= 15 is 0 Å². The zero-order valence-corrected chi connectivity index (χ0v) is 10.9. The highest BCUT2D eigenvalue weighted by molar-refractivity contribution is 6.32. The summed E-state index contributed by atoms with van der Waals surface area (Å²) in [6.45, 7) is 0. The molecular weight excluding hydrogens is 287 g/mol. The number of aromatic nitrogens is 2. The third-order valence-electron chi connectivity index (χ3n) is 2.23. The third-order valence-corrected chi connectivity index (χ3v) is 2.74. The van der Waals surface area contributed by atoms with Crippen LogP contribution in [0.2, 0.25) is 10.3 Å². The summed E-state index contributed by atoms with van der Waals surface area (Å²) >= 11 is 11.4. The Morgan fingerprint density at radius 3 is 2.53 bits per heavy atom. The number of benzene rings is 1. The van der Waals surface area contributed by atoms with E-state index in [1.165, 1.54) is 30.6 Å². The molecule has 7 heteroatoms. The minimum absolute atomic E-state index is 0.0967. The molecule has 0 aliphatic carbocycles. The van der Waals surface area contributed by atoms with Crippen molar-refractivity contribution in [2.24, 2.45) is 0 Å². The first-order chi connectivity index (χ1) is 9.10. The molecule has 19 heavy (non-hydrogen) atoms. The van der Waals surface area contributed by atoms with Crippen LogP contribution in [0.15, 0.2) is 30.6 Å². The highest BCUT2D eigenvalue weighted by Crippen LogP contribution is 2.18. The van der Waals surface area contributed by atoms with Gasteiger partial charge in [0, 0.05) is 5.56 Å². The fourth-order valence-electron chi connectivity index (χ4n) is 1.33. The number of nitrogens with one attached hydrogen (secondary N) is 1. The van der Waals surface area contributed by atoms with Crippen molar-refractivity contribution in [1.29, 1.82) is 5.26 Å². The minimum Gasteiger partial charge on any atom is -0.319 e. The number of carbonyl (C=O) groups excluding carboxylic acids is 1. The summed E-state index contributed by atoms with van der Waals surface area (Å²) in [5.74, 6) is -0.377. The van der Waals surface area contributed by atoms with Crippen molar-refractivity contribution in [2.45, 2.75) is 0 Å². The van der Waals surface area contributed by atoms with Crippen LogP contribution in [-0.2, 0) is 0 Å². The zero-order chi connectivity index (χ0) is 13.8. The van der Waals surface area contributed by atoms with Gasteiger partial charge in [-0.25, -0.2) is 9.97 Å². The molecule has 0 fully saturated rings. The van der Waals surface area contributed by atoms with Crippen molar-refractivity contribution >= 4 is 34.8 Å². The second-order valence-electron chi connectivity index (χ2n) is 3.50. The maximum atomic E-state index is 11.9. The normalized spacial score (nSPS) is 9.74. The van der Waals surface area contributed by atoms with Gasteiger partial charge < -0.3 is 5.32 Å². The lowest BCUT2D eigenvalue weighted by Crippen LogP contribution is -2.12. The summed E-state index contributed by atoms with van der Waals surface area (Å²) in [6, 6.07) is 6.33. The molecule has 0 unspecified atom stereocenters. The van der Waals surface area contributed by atoms with E-state index in [0.29, 0.717) is 16.8 Å². The molecule has 0 atom stereocenters. The predicted molar refractivity (Wildman–Crippen MR) is 71.2 cm³/mol. The molecule has 0 saturated carbocycles. The van der Waals surface area contributed by atoms with Gasteiger partial charge >= 0.3 is 0 Å². The molecule has 0 aliphatic rings. The highest BCUT2D eigenvalue weighted by Gasteiger charge is 2.09. The van der Waals surface area contributed by atoms with E-state index in [4.69, 9.17) is 28.5 Å². The first-order valence-electron chi connectivity index (χ1n) is 5.08. The van der Waals surface area contributed by atoms with Gasteiger partial charge in [0.2, 0.25) is 5.28 Å². The lowest BCUT2D eigenvalue weighted by molar-refractivity contribution is 0.102. The van der Waals surface area contributed by atoms with Crippen LogP contribution >= 0.6 is 23.2 Å². The summed E-state index contributed by atoms with van der Waals surface area (Å²) < 4.78 is 0. The summed E-state index contributed by atoms with van der Waals surface area (Å²) in [5, 5.41) is 11.7. The molecule has 1 aromatic heterocycles. The standard InChI is InChI=1S/C12H6Cl2N4O/c13-10-3-7(1-2-8(10)4-15)11(19)18-9-5-16-12(14)17-6-9/h1-3,5-6H,(H,18,19). The molecule has 0 spiro atoms. The molecule has 2 rings (SSSR count). The van der Waals surface area contributed by atoms with Crippen LogP contribution in [0, 0.1) is 11.3 Å². The van der Waals surface area contributed by atoms with Gasteiger partial charge in [0.1, 0.15) is 6.07 Å². The topological polar surface area (TPSA) is 78.7 Å². The maximum absolute atomic E-state index is 11.9. The molecule has 94 valence electrons. The lowest BCUT2D eigenvalue weighted by Gasteiger charge is -2.05.